The van der Waals surface area contributed by atoms with Gasteiger partial charge in [-0.1, -0.05) is 39.8 Å². The average Bonchev–Trinajstić information content (AvgIpc) is 3.23. The van der Waals surface area contributed by atoms with Gasteiger partial charge in [-0.05, 0) is 85.7 Å². The van der Waals surface area contributed by atoms with Crippen molar-refractivity contribution >= 4 is 23.5 Å². The number of para-hydroxylation sites is 1. The first-order chi connectivity index (χ1) is 16.8. The first-order valence-corrected chi connectivity index (χ1v) is 13.6. The van der Waals surface area contributed by atoms with Crippen molar-refractivity contribution in [3.63, 3.8) is 0 Å². The maximum absolute atomic E-state index is 13.5. The maximum Gasteiger partial charge on any atom is 0.339 e. The molecule has 7 unspecified atom stereocenters. The minimum absolute atomic E-state index is 0.0213. The van der Waals surface area contributed by atoms with E-state index in [9.17, 15) is 14.4 Å². The van der Waals surface area contributed by atoms with Gasteiger partial charge in [0.05, 0.1) is 18.4 Å². The molecule has 6 heteroatoms. The van der Waals surface area contributed by atoms with E-state index in [4.69, 9.17) is 4.74 Å². The van der Waals surface area contributed by atoms with Crippen LogP contribution in [0.3, 0.4) is 0 Å². The number of hydrogen-bond donors (Lipinski definition) is 2. The third-order valence-corrected chi connectivity index (χ3v) is 10.0. The number of carbonyl (C=O) groups excluding carboxylic acids is 3. The number of rotatable bonds is 3. The summed E-state index contributed by atoms with van der Waals surface area (Å²) in [5.41, 5.74) is 1.08. The van der Waals surface area contributed by atoms with Crippen molar-refractivity contribution in [3.05, 3.63) is 29.8 Å². The Morgan fingerprint density at radius 1 is 0.971 bits per heavy atom. The smallest absolute Gasteiger partial charge is 0.339 e. The molecular weight excluding hydrogens is 440 g/mol. The van der Waals surface area contributed by atoms with E-state index in [1.807, 2.05) is 19.9 Å². The van der Waals surface area contributed by atoms with E-state index in [2.05, 4.69) is 24.5 Å². The molecule has 0 spiro atoms. The highest BCUT2D eigenvalue weighted by Gasteiger charge is 2.61. The molecule has 35 heavy (non-hydrogen) atoms. The van der Waals surface area contributed by atoms with E-state index < -0.39 is 5.97 Å². The highest BCUT2D eigenvalue weighted by molar-refractivity contribution is 6.02. The standard InChI is InChI=1S/C27H36N2O4.C2H6/c1-26-14-12-19-16(8-11-22-27(19,2)15-13-23(30)29-22)18(26)9-10-20(26)24(31)28-21-7-5-4-6-17(21)25(32)33-3;1-2/h4-7,16,18-20,22H,8-15H2,1-3H3,(H,28,31)(H,29,30);1-2H3. The lowest BCUT2D eigenvalue weighted by Gasteiger charge is -2.60. The van der Waals surface area contributed by atoms with Crippen LogP contribution in [0.4, 0.5) is 5.69 Å². The summed E-state index contributed by atoms with van der Waals surface area (Å²) in [5.74, 6) is 1.54. The second-order valence-corrected chi connectivity index (χ2v) is 11.3. The highest BCUT2D eigenvalue weighted by Crippen LogP contribution is 2.65. The Labute approximate surface area is 210 Å². The van der Waals surface area contributed by atoms with Crippen LogP contribution in [0.25, 0.3) is 0 Å². The third-order valence-electron chi connectivity index (χ3n) is 10.0. The summed E-state index contributed by atoms with van der Waals surface area (Å²) >= 11 is 0. The second kappa shape index (κ2) is 9.94. The molecule has 1 heterocycles. The number of amides is 2. The fraction of sp³-hybridized carbons (Fsp3) is 0.690. The van der Waals surface area contributed by atoms with Crippen LogP contribution in [-0.2, 0) is 14.3 Å². The molecule has 1 aliphatic heterocycles. The molecule has 3 aliphatic carbocycles. The molecule has 2 amide bonds. The lowest BCUT2D eigenvalue weighted by molar-refractivity contribution is -0.140. The summed E-state index contributed by atoms with van der Waals surface area (Å²) in [5, 5.41) is 6.36. The van der Waals surface area contributed by atoms with Crippen LogP contribution in [0, 0.1) is 34.5 Å². The van der Waals surface area contributed by atoms with Gasteiger partial charge >= 0.3 is 5.97 Å². The monoisotopic (exact) mass is 482 g/mol. The van der Waals surface area contributed by atoms with Gasteiger partial charge in [0, 0.05) is 18.4 Å². The van der Waals surface area contributed by atoms with Gasteiger partial charge in [-0.3, -0.25) is 9.59 Å². The van der Waals surface area contributed by atoms with Gasteiger partial charge in [0.25, 0.3) is 0 Å². The summed E-state index contributed by atoms with van der Waals surface area (Å²) in [6, 6.07) is 7.37. The van der Waals surface area contributed by atoms with Crippen LogP contribution in [0.2, 0.25) is 0 Å². The number of benzene rings is 1. The Hall–Kier alpha value is -2.37. The van der Waals surface area contributed by atoms with Crippen LogP contribution in [0.5, 0.6) is 0 Å². The average molecular weight is 483 g/mol. The Balaban J connectivity index is 0.00000141. The first kappa shape index (κ1) is 25.7. The van der Waals surface area contributed by atoms with Gasteiger partial charge in [-0.2, -0.15) is 0 Å². The summed E-state index contributed by atoms with van der Waals surface area (Å²) in [6.45, 7) is 8.73. The van der Waals surface area contributed by atoms with Gasteiger partial charge in [-0.25, -0.2) is 4.79 Å². The Kier molecular flexibility index (Phi) is 7.31. The number of nitrogens with one attached hydrogen (secondary N) is 2. The van der Waals surface area contributed by atoms with Crippen LogP contribution < -0.4 is 10.6 Å². The molecule has 1 saturated heterocycles. The number of carbonyl (C=O) groups is 3. The molecule has 3 saturated carbocycles. The van der Waals surface area contributed by atoms with Gasteiger partial charge < -0.3 is 15.4 Å². The normalized spacial score (nSPS) is 37.4. The van der Waals surface area contributed by atoms with E-state index >= 15 is 0 Å². The molecular formula is C29H42N2O4. The fourth-order valence-corrected chi connectivity index (χ4v) is 8.23. The van der Waals surface area contributed by atoms with E-state index in [0.717, 1.165) is 44.9 Å². The van der Waals surface area contributed by atoms with Crippen molar-refractivity contribution < 1.29 is 19.1 Å². The second-order valence-electron chi connectivity index (χ2n) is 11.3. The number of esters is 1. The van der Waals surface area contributed by atoms with E-state index in [1.54, 1.807) is 18.2 Å². The van der Waals surface area contributed by atoms with Gasteiger partial charge in [0.15, 0.2) is 0 Å². The van der Waals surface area contributed by atoms with E-state index in [1.165, 1.54) is 7.11 Å². The molecule has 4 aliphatic rings. The van der Waals surface area contributed by atoms with Crippen LogP contribution in [-0.4, -0.2) is 30.9 Å². The molecule has 1 aromatic carbocycles. The molecule has 7 atom stereocenters. The molecule has 4 fully saturated rings. The Morgan fingerprint density at radius 3 is 2.43 bits per heavy atom. The quantitative estimate of drug-likeness (QED) is 0.551. The minimum atomic E-state index is -0.438. The Morgan fingerprint density at radius 2 is 1.69 bits per heavy atom. The highest BCUT2D eigenvalue weighted by atomic mass is 16.5. The molecule has 5 rings (SSSR count). The van der Waals surface area contributed by atoms with E-state index in [-0.39, 0.29) is 28.6 Å². The van der Waals surface area contributed by atoms with Gasteiger partial charge in [-0.15, -0.1) is 0 Å². The fourth-order valence-electron chi connectivity index (χ4n) is 8.23. The van der Waals surface area contributed by atoms with Crippen molar-refractivity contribution in [2.24, 2.45) is 34.5 Å². The number of hydrogen-bond acceptors (Lipinski definition) is 4. The molecule has 2 N–H and O–H groups in total. The van der Waals surface area contributed by atoms with Gasteiger partial charge in [0.2, 0.25) is 11.8 Å². The number of anilines is 1. The van der Waals surface area contributed by atoms with Crippen molar-refractivity contribution in [3.8, 4) is 0 Å². The lowest BCUT2D eigenvalue weighted by Crippen LogP contribution is -2.61. The first-order valence-electron chi connectivity index (χ1n) is 13.6. The van der Waals surface area contributed by atoms with Crippen LogP contribution in [0.1, 0.15) is 89.4 Å². The lowest BCUT2D eigenvalue weighted by atomic mass is 9.47. The molecule has 1 aromatic rings. The van der Waals surface area contributed by atoms with Crippen LogP contribution >= 0.6 is 0 Å². The molecule has 6 nitrogen and oxygen atoms in total. The van der Waals surface area contributed by atoms with Crippen molar-refractivity contribution in [1.29, 1.82) is 0 Å². The molecule has 0 bridgehead atoms. The maximum atomic E-state index is 13.5. The number of ether oxygens (including phenoxy) is 1. The van der Waals surface area contributed by atoms with Crippen molar-refractivity contribution in [2.45, 2.75) is 85.1 Å². The number of methoxy groups -OCH3 is 1. The zero-order valence-electron chi connectivity index (χ0n) is 22.0. The zero-order chi connectivity index (χ0) is 25.4. The topological polar surface area (TPSA) is 84.5 Å². The number of piperidine rings is 1. The predicted octanol–water partition coefficient (Wildman–Crippen LogP) is 5.58. The van der Waals surface area contributed by atoms with Crippen LogP contribution in [0.15, 0.2) is 24.3 Å². The SMILES string of the molecule is CC.COC(=O)c1ccccc1NC(=O)C1CCC2C3CCC4NC(=O)CCC4(C)C3CCC12C. The van der Waals surface area contributed by atoms with Gasteiger partial charge in [0.1, 0.15) is 0 Å². The summed E-state index contributed by atoms with van der Waals surface area (Å²) in [4.78, 5) is 37.7. The molecule has 0 radical (unpaired) electrons. The third kappa shape index (κ3) is 4.27. The number of fused-ring (bicyclic) bond motifs is 5. The molecule has 192 valence electrons. The Bertz CT molecular complexity index is 977. The zero-order valence-corrected chi connectivity index (χ0v) is 22.0. The van der Waals surface area contributed by atoms with Crippen molar-refractivity contribution in [2.75, 3.05) is 12.4 Å². The van der Waals surface area contributed by atoms with E-state index in [0.29, 0.717) is 41.5 Å². The molecule has 0 aromatic heterocycles. The predicted molar refractivity (Wildman–Crippen MR) is 137 cm³/mol. The minimum Gasteiger partial charge on any atom is -0.465 e. The largest absolute Gasteiger partial charge is 0.465 e. The summed E-state index contributed by atoms with van der Waals surface area (Å²) in [7, 11) is 1.36. The summed E-state index contributed by atoms with van der Waals surface area (Å²) in [6.07, 6.45) is 7.99. The van der Waals surface area contributed by atoms with Crippen molar-refractivity contribution in [1.82, 2.24) is 5.32 Å². The summed E-state index contributed by atoms with van der Waals surface area (Å²) < 4.78 is 4.89.